The predicted molar refractivity (Wildman–Crippen MR) is 47.9 cm³/mol. The van der Waals surface area contributed by atoms with Gasteiger partial charge in [0.25, 0.3) is 0 Å². The van der Waals surface area contributed by atoms with Crippen LogP contribution in [0.5, 0.6) is 0 Å². The van der Waals surface area contributed by atoms with E-state index in [0.29, 0.717) is 10.9 Å². The Balaban J connectivity index is 2.79. The van der Waals surface area contributed by atoms with Crippen molar-refractivity contribution in [1.82, 2.24) is 9.97 Å². The summed E-state index contributed by atoms with van der Waals surface area (Å²) in [6.45, 7) is 1.63. The molecule has 3 N–H and O–H groups in total. The normalized spacial score (nSPS) is 10.6. The number of carboxylic acid groups (broad SMARTS) is 1. The van der Waals surface area contributed by atoms with Gasteiger partial charge in [-0.15, -0.1) is 0 Å². The zero-order chi connectivity index (χ0) is 10.3. The largest absolute Gasteiger partial charge is 0.475 e. The van der Waals surface area contributed by atoms with E-state index < -0.39 is 5.97 Å². The molecule has 0 aliphatic carbocycles. The van der Waals surface area contributed by atoms with E-state index in [1.807, 2.05) is 0 Å². The highest BCUT2D eigenvalue weighted by Gasteiger charge is 2.17. The molecule has 72 valence electrons. The van der Waals surface area contributed by atoms with Gasteiger partial charge in [-0.1, -0.05) is 0 Å². The van der Waals surface area contributed by atoms with Gasteiger partial charge in [-0.3, -0.25) is 0 Å². The second-order valence-corrected chi connectivity index (χ2v) is 2.81. The monoisotopic (exact) mass is 193 g/mol. The number of fused-ring (bicyclic) bond motifs is 1. The first-order valence-corrected chi connectivity index (χ1v) is 3.84. The Bertz CT molecular complexity index is 518. The number of aromatic nitrogens is 2. The third-order valence-electron chi connectivity index (χ3n) is 1.91. The van der Waals surface area contributed by atoms with Gasteiger partial charge < -0.3 is 15.3 Å². The lowest BCUT2D eigenvalue weighted by molar-refractivity contribution is 0.0663. The number of rotatable bonds is 1. The van der Waals surface area contributed by atoms with Crippen molar-refractivity contribution in [2.45, 2.75) is 6.92 Å². The number of anilines is 1. The quantitative estimate of drug-likeness (QED) is 0.694. The molecule has 14 heavy (non-hydrogen) atoms. The van der Waals surface area contributed by atoms with Crippen LogP contribution in [0.4, 0.5) is 5.95 Å². The summed E-state index contributed by atoms with van der Waals surface area (Å²) in [5.74, 6) is -1.19. The highest BCUT2D eigenvalue weighted by Crippen LogP contribution is 2.23. The predicted octanol–water partition coefficient (Wildman–Crippen LogP) is 0.812. The maximum Gasteiger partial charge on any atom is 0.372 e. The number of carboxylic acids is 1. The molecule has 0 saturated carbocycles. The van der Waals surface area contributed by atoms with E-state index >= 15 is 0 Å². The number of aryl methyl sites for hydroxylation is 1. The Morgan fingerprint density at radius 1 is 1.64 bits per heavy atom. The molecule has 0 amide bonds. The fourth-order valence-electron chi connectivity index (χ4n) is 1.21. The molecule has 0 fully saturated rings. The fraction of sp³-hybridized carbons (Fsp3) is 0.125. The third-order valence-corrected chi connectivity index (χ3v) is 1.91. The molecule has 0 unspecified atom stereocenters. The van der Waals surface area contributed by atoms with Gasteiger partial charge >= 0.3 is 5.97 Å². The number of nitrogens with zero attached hydrogens (tertiary/aromatic N) is 2. The first-order valence-electron chi connectivity index (χ1n) is 3.84. The maximum absolute atomic E-state index is 10.7. The van der Waals surface area contributed by atoms with Crippen LogP contribution in [0.15, 0.2) is 10.6 Å². The van der Waals surface area contributed by atoms with Crippen molar-refractivity contribution < 1.29 is 14.3 Å². The van der Waals surface area contributed by atoms with Crippen LogP contribution in [0.25, 0.3) is 11.1 Å². The number of aromatic carboxylic acids is 1. The van der Waals surface area contributed by atoms with E-state index in [9.17, 15) is 4.79 Å². The minimum atomic E-state index is -1.13. The maximum atomic E-state index is 10.7. The zero-order valence-corrected chi connectivity index (χ0v) is 7.31. The Hall–Kier alpha value is -2.11. The van der Waals surface area contributed by atoms with Gasteiger partial charge in [0.1, 0.15) is 0 Å². The van der Waals surface area contributed by atoms with E-state index in [0.717, 1.165) is 0 Å². The Morgan fingerprint density at radius 3 is 3.00 bits per heavy atom. The molecule has 0 spiro atoms. The number of carbonyl (C=O) groups is 1. The minimum Gasteiger partial charge on any atom is -0.475 e. The molecular weight excluding hydrogens is 186 g/mol. The first-order chi connectivity index (χ1) is 6.59. The van der Waals surface area contributed by atoms with Gasteiger partial charge in [0.05, 0.1) is 5.39 Å². The Kier molecular flexibility index (Phi) is 1.63. The third kappa shape index (κ3) is 1.08. The molecule has 2 rings (SSSR count). The highest BCUT2D eigenvalue weighted by molar-refractivity contribution is 5.93. The standard InChI is InChI=1S/C8H7N3O3/c1-3-4-2-10-8(9)11-6(4)14-5(3)7(12)13/h2H,1H3,(H,12,13)(H2,9,10,11). The van der Waals surface area contributed by atoms with E-state index in [4.69, 9.17) is 15.3 Å². The molecule has 2 aromatic heterocycles. The minimum absolute atomic E-state index is 0.0585. The molecule has 0 atom stereocenters. The lowest BCUT2D eigenvalue weighted by Gasteiger charge is -1.89. The van der Waals surface area contributed by atoms with Crippen molar-refractivity contribution in [3.63, 3.8) is 0 Å². The highest BCUT2D eigenvalue weighted by atomic mass is 16.4. The summed E-state index contributed by atoms with van der Waals surface area (Å²) in [7, 11) is 0. The molecule has 0 bridgehead atoms. The van der Waals surface area contributed by atoms with Crippen molar-refractivity contribution in [3.05, 3.63) is 17.5 Å². The number of nitrogens with two attached hydrogens (primary N) is 1. The van der Waals surface area contributed by atoms with Gasteiger partial charge in [-0.25, -0.2) is 9.78 Å². The number of hydrogen-bond acceptors (Lipinski definition) is 5. The van der Waals surface area contributed by atoms with Gasteiger partial charge in [0, 0.05) is 11.8 Å². The Morgan fingerprint density at radius 2 is 2.36 bits per heavy atom. The van der Waals surface area contributed by atoms with E-state index in [1.54, 1.807) is 6.92 Å². The SMILES string of the molecule is Cc1c(C(=O)O)oc2nc(N)ncc12. The van der Waals surface area contributed by atoms with Gasteiger partial charge in [0.15, 0.2) is 0 Å². The van der Waals surface area contributed by atoms with Crippen molar-refractivity contribution >= 4 is 23.0 Å². The summed E-state index contributed by atoms with van der Waals surface area (Å²) >= 11 is 0. The van der Waals surface area contributed by atoms with Gasteiger partial charge in [-0.05, 0) is 6.92 Å². The summed E-state index contributed by atoms with van der Waals surface area (Å²) in [5.41, 5.74) is 6.04. The first kappa shape index (κ1) is 8.49. The van der Waals surface area contributed by atoms with Crippen LogP contribution in [0.2, 0.25) is 0 Å². The average Bonchev–Trinajstić information content (AvgIpc) is 2.43. The molecule has 0 aliphatic heterocycles. The van der Waals surface area contributed by atoms with Crippen molar-refractivity contribution in [3.8, 4) is 0 Å². The number of furan rings is 1. The average molecular weight is 193 g/mol. The Labute approximate surface area is 78.4 Å². The number of hydrogen-bond donors (Lipinski definition) is 2. The summed E-state index contributed by atoms with van der Waals surface area (Å²) in [5, 5.41) is 9.33. The molecule has 0 saturated heterocycles. The van der Waals surface area contributed by atoms with Crippen LogP contribution >= 0.6 is 0 Å². The molecule has 6 heteroatoms. The van der Waals surface area contributed by atoms with Crippen molar-refractivity contribution in [1.29, 1.82) is 0 Å². The van der Waals surface area contributed by atoms with Gasteiger partial charge in [-0.2, -0.15) is 4.98 Å². The summed E-state index contributed by atoms with van der Waals surface area (Å²) in [4.78, 5) is 18.2. The van der Waals surface area contributed by atoms with Crippen LogP contribution in [0.3, 0.4) is 0 Å². The topological polar surface area (TPSA) is 102 Å². The lowest BCUT2D eigenvalue weighted by atomic mass is 10.2. The molecule has 2 aromatic rings. The van der Waals surface area contributed by atoms with E-state index in [1.165, 1.54) is 6.20 Å². The molecule has 0 aliphatic rings. The van der Waals surface area contributed by atoms with Crippen LogP contribution in [0, 0.1) is 6.92 Å². The zero-order valence-electron chi connectivity index (χ0n) is 7.31. The molecule has 0 aromatic carbocycles. The second kappa shape index (κ2) is 2.69. The van der Waals surface area contributed by atoms with Crippen LogP contribution < -0.4 is 5.73 Å². The molecule has 2 heterocycles. The summed E-state index contributed by atoms with van der Waals surface area (Å²) in [6, 6.07) is 0. The van der Waals surface area contributed by atoms with Crippen molar-refractivity contribution in [2.75, 3.05) is 5.73 Å². The van der Waals surface area contributed by atoms with E-state index in [2.05, 4.69) is 9.97 Å². The van der Waals surface area contributed by atoms with Crippen LogP contribution in [-0.4, -0.2) is 21.0 Å². The molecule has 0 radical (unpaired) electrons. The van der Waals surface area contributed by atoms with Crippen molar-refractivity contribution in [2.24, 2.45) is 0 Å². The van der Waals surface area contributed by atoms with E-state index in [-0.39, 0.29) is 17.4 Å². The summed E-state index contributed by atoms with van der Waals surface area (Å²) in [6.07, 6.45) is 1.45. The van der Waals surface area contributed by atoms with Crippen LogP contribution in [-0.2, 0) is 0 Å². The molecule has 6 nitrogen and oxygen atoms in total. The smallest absolute Gasteiger partial charge is 0.372 e. The van der Waals surface area contributed by atoms with Crippen LogP contribution in [0.1, 0.15) is 16.1 Å². The lowest BCUT2D eigenvalue weighted by Crippen LogP contribution is -1.95. The molecular formula is C8H7N3O3. The fourth-order valence-corrected chi connectivity index (χ4v) is 1.21. The summed E-state index contributed by atoms with van der Waals surface area (Å²) < 4.78 is 5.01. The van der Waals surface area contributed by atoms with Gasteiger partial charge in [0.2, 0.25) is 17.4 Å². The second-order valence-electron chi connectivity index (χ2n) is 2.81. The number of nitrogen functional groups attached to an aromatic ring is 1.